The molecule has 1 heterocycles. The first-order valence-electron chi connectivity index (χ1n) is 11.4. The van der Waals surface area contributed by atoms with Gasteiger partial charge >= 0.3 is 0 Å². The van der Waals surface area contributed by atoms with Gasteiger partial charge in [-0.3, -0.25) is 14.9 Å². The number of aryl methyl sites for hydroxylation is 1. The number of halogens is 1. The van der Waals surface area contributed by atoms with E-state index in [9.17, 15) is 27.7 Å². The number of thiophene rings is 1. The number of hydrogen-bond donors (Lipinski definition) is 0. The van der Waals surface area contributed by atoms with Gasteiger partial charge in [-0.1, -0.05) is 12.1 Å². The van der Waals surface area contributed by atoms with Gasteiger partial charge in [-0.2, -0.15) is 4.31 Å². The molecule has 1 amide bonds. The van der Waals surface area contributed by atoms with Gasteiger partial charge < -0.3 is 9.64 Å². The van der Waals surface area contributed by atoms with Crippen LogP contribution in [0.5, 0.6) is 0 Å². The van der Waals surface area contributed by atoms with Crippen molar-refractivity contribution < 1.29 is 27.3 Å². The fourth-order valence-corrected chi connectivity index (χ4v) is 5.94. The molecular formula is C25H28FN3O6S2. The van der Waals surface area contributed by atoms with Crippen molar-refractivity contribution >= 4 is 33.0 Å². The molecule has 3 aromatic rings. The van der Waals surface area contributed by atoms with Crippen LogP contribution in [0.3, 0.4) is 0 Å². The quantitative estimate of drug-likeness (QED) is 0.178. The molecule has 0 N–H and O–H groups in total. The largest absolute Gasteiger partial charge is 0.385 e. The van der Waals surface area contributed by atoms with Crippen LogP contribution in [0.15, 0.2) is 64.9 Å². The van der Waals surface area contributed by atoms with Gasteiger partial charge in [-0.05, 0) is 60.2 Å². The maximum absolute atomic E-state index is 13.5. The van der Waals surface area contributed by atoms with Crippen LogP contribution in [-0.4, -0.2) is 55.3 Å². The summed E-state index contributed by atoms with van der Waals surface area (Å²) in [6, 6.07) is 12.3. The van der Waals surface area contributed by atoms with Gasteiger partial charge in [0.15, 0.2) is 0 Å². The molecule has 37 heavy (non-hydrogen) atoms. The Bertz CT molecular complexity index is 1310. The molecule has 9 nitrogen and oxygen atoms in total. The molecule has 0 aliphatic carbocycles. The first kappa shape index (κ1) is 28.4. The van der Waals surface area contributed by atoms with E-state index < -0.39 is 33.2 Å². The monoisotopic (exact) mass is 549 g/mol. The Kier molecular flexibility index (Phi) is 9.86. The van der Waals surface area contributed by atoms with Crippen molar-refractivity contribution in [3.05, 3.63) is 91.9 Å². The fourth-order valence-electron chi connectivity index (χ4n) is 3.59. The van der Waals surface area contributed by atoms with Crippen molar-refractivity contribution in [2.45, 2.75) is 31.3 Å². The zero-order valence-electron chi connectivity index (χ0n) is 20.5. The Morgan fingerprint density at radius 3 is 2.32 bits per heavy atom. The molecule has 0 bridgehead atoms. The van der Waals surface area contributed by atoms with Crippen molar-refractivity contribution in [3.63, 3.8) is 0 Å². The van der Waals surface area contributed by atoms with Crippen LogP contribution >= 0.6 is 11.3 Å². The molecular weight excluding hydrogens is 521 g/mol. The first-order chi connectivity index (χ1) is 17.6. The van der Waals surface area contributed by atoms with Crippen molar-refractivity contribution in [1.82, 2.24) is 9.21 Å². The number of carbonyl (C=O) groups is 1. The van der Waals surface area contributed by atoms with Gasteiger partial charge in [0.1, 0.15) is 5.82 Å². The number of carbonyl (C=O) groups excluding carboxylic acids is 1. The SMILES string of the molecule is COCCCN(CC(=O)N(Cc1ccc(F)cc1)Cc1sccc1C)S(=O)(=O)c1ccc([N+](=O)[O-])cc1. The molecule has 198 valence electrons. The highest BCUT2D eigenvalue weighted by atomic mass is 32.2. The molecule has 0 saturated heterocycles. The molecule has 0 saturated carbocycles. The van der Waals surface area contributed by atoms with Crippen LogP contribution in [0.25, 0.3) is 0 Å². The fraction of sp³-hybridized carbons (Fsp3) is 0.320. The van der Waals surface area contributed by atoms with Gasteiger partial charge in [0.2, 0.25) is 15.9 Å². The van der Waals surface area contributed by atoms with E-state index in [1.807, 2.05) is 18.4 Å². The number of rotatable bonds is 13. The number of non-ortho nitro benzene ring substituents is 1. The Labute approximate surface area is 219 Å². The summed E-state index contributed by atoms with van der Waals surface area (Å²) < 4.78 is 46.4. The summed E-state index contributed by atoms with van der Waals surface area (Å²) >= 11 is 1.49. The highest BCUT2D eigenvalue weighted by Gasteiger charge is 2.29. The maximum Gasteiger partial charge on any atom is 0.269 e. The maximum atomic E-state index is 13.5. The minimum atomic E-state index is -4.14. The second-order valence-electron chi connectivity index (χ2n) is 8.34. The number of ether oxygens (including phenoxy) is 1. The third-order valence-corrected chi connectivity index (χ3v) is 8.56. The molecule has 0 fully saturated rings. The summed E-state index contributed by atoms with van der Waals surface area (Å²) in [6.07, 6.45) is 0.345. The average Bonchev–Trinajstić information content (AvgIpc) is 3.28. The molecule has 0 radical (unpaired) electrons. The average molecular weight is 550 g/mol. The third kappa shape index (κ3) is 7.65. The molecule has 0 unspecified atom stereocenters. The lowest BCUT2D eigenvalue weighted by Crippen LogP contribution is -2.43. The highest BCUT2D eigenvalue weighted by Crippen LogP contribution is 2.23. The number of hydrogen-bond acceptors (Lipinski definition) is 7. The van der Waals surface area contributed by atoms with Gasteiger partial charge in [0.05, 0.1) is 22.9 Å². The first-order valence-corrected chi connectivity index (χ1v) is 13.7. The van der Waals surface area contributed by atoms with E-state index in [1.54, 1.807) is 17.0 Å². The number of nitro groups is 1. The van der Waals surface area contributed by atoms with Crippen LogP contribution in [0, 0.1) is 22.9 Å². The van der Waals surface area contributed by atoms with Crippen molar-refractivity contribution in [1.29, 1.82) is 0 Å². The van der Waals surface area contributed by atoms with Crippen LogP contribution in [-0.2, 0) is 32.6 Å². The summed E-state index contributed by atoms with van der Waals surface area (Å²) in [4.78, 5) is 26.3. The van der Waals surface area contributed by atoms with E-state index in [0.29, 0.717) is 12.0 Å². The Morgan fingerprint density at radius 2 is 1.76 bits per heavy atom. The molecule has 0 aliphatic rings. The third-order valence-electron chi connectivity index (χ3n) is 5.69. The van der Waals surface area contributed by atoms with Gasteiger partial charge in [-0.25, -0.2) is 12.8 Å². The molecule has 3 rings (SSSR count). The second kappa shape index (κ2) is 12.9. The van der Waals surface area contributed by atoms with Crippen molar-refractivity contribution in [2.75, 3.05) is 26.8 Å². The summed E-state index contributed by atoms with van der Waals surface area (Å²) in [6.45, 7) is 2.23. The smallest absolute Gasteiger partial charge is 0.269 e. The van der Waals surface area contributed by atoms with Crippen LogP contribution in [0.2, 0.25) is 0 Å². The summed E-state index contributed by atoms with van der Waals surface area (Å²) in [7, 11) is -2.65. The standard InChI is InChI=1S/C25H28FN3O6S2/c1-19-12-15-36-24(19)17-27(16-20-4-6-21(26)7-5-20)25(30)18-28(13-3-14-35-2)37(33,34)23-10-8-22(9-11-23)29(31)32/h4-12,15H,3,13-14,16-18H2,1-2H3. The topological polar surface area (TPSA) is 110 Å². The zero-order valence-corrected chi connectivity index (χ0v) is 22.1. The van der Waals surface area contributed by atoms with Crippen molar-refractivity contribution in [2.24, 2.45) is 0 Å². The molecule has 1 aromatic heterocycles. The summed E-state index contributed by atoms with van der Waals surface area (Å²) in [5.41, 5.74) is 1.48. The Morgan fingerprint density at radius 1 is 1.08 bits per heavy atom. The Balaban J connectivity index is 1.88. The molecule has 0 atom stereocenters. The lowest BCUT2D eigenvalue weighted by molar-refractivity contribution is -0.384. The molecule has 0 aliphatic heterocycles. The van der Waals surface area contributed by atoms with Crippen LogP contribution < -0.4 is 0 Å². The lowest BCUT2D eigenvalue weighted by Gasteiger charge is -2.27. The number of methoxy groups -OCH3 is 1. The minimum absolute atomic E-state index is 0.0152. The Hall–Kier alpha value is -3.19. The van der Waals surface area contributed by atoms with E-state index in [0.717, 1.165) is 39.0 Å². The van der Waals surface area contributed by atoms with E-state index in [1.165, 1.54) is 30.6 Å². The van der Waals surface area contributed by atoms with Gasteiger partial charge in [0, 0.05) is 43.8 Å². The van der Waals surface area contributed by atoms with E-state index in [4.69, 9.17) is 4.74 Å². The zero-order chi connectivity index (χ0) is 27.0. The highest BCUT2D eigenvalue weighted by molar-refractivity contribution is 7.89. The lowest BCUT2D eigenvalue weighted by atomic mass is 10.2. The molecule has 12 heteroatoms. The summed E-state index contributed by atoms with van der Waals surface area (Å²) in [5, 5.41) is 12.9. The van der Waals surface area contributed by atoms with E-state index in [2.05, 4.69) is 0 Å². The number of nitro benzene ring substituents is 1. The van der Waals surface area contributed by atoms with Crippen molar-refractivity contribution in [3.8, 4) is 0 Å². The number of nitrogens with zero attached hydrogens (tertiary/aromatic N) is 3. The van der Waals surface area contributed by atoms with Gasteiger partial charge in [0.25, 0.3) is 5.69 Å². The normalized spacial score (nSPS) is 11.6. The van der Waals surface area contributed by atoms with Crippen LogP contribution in [0.1, 0.15) is 22.4 Å². The van der Waals surface area contributed by atoms with Crippen LogP contribution in [0.4, 0.5) is 10.1 Å². The number of sulfonamides is 1. The predicted molar refractivity (Wildman–Crippen MR) is 138 cm³/mol. The predicted octanol–water partition coefficient (Wildman–Crippen LogP) is 4.36. The second-order valence-corrected chi connectivity index (χ2v) is 11.3. The minimum Gasteiger partial charge on any atom is -0.385 e. The summed E-state index contributed by atoms with van der Waals surface area (Å²) in [5.74, 6) is -0.825. The number of amides is 1. The molecule has 0 spiro atoms. The van der Waals surface area contributed by atoms with Gasteiger partial charge in [-0.15, -0.1) is 11.3 Å². The number of benzene rings is 2. The van der Waals surface area contributed by atoms with E-state index >= 15 is 0 Å². The molecule has 2 aromatic carbocycles. The van der Waals surface area contributed by atoms with E-state index in [-0.39, 0.29) is 36.8 Å².